The van der Waals surface area contributed by atoms with Crippen molar-refractivity contribution in [2.45, 2.75) is 18.9 Å². The molecule has 1 N–H and O–H groups in total. The average Bonchev–Trinajstić information content (AvgIpc) is 3.38. The third kappa shape index (κ3) is 4.03. The zero-order valence-corrected chi connectivity index (χ0v) is 13.8. The first-order valence-corrected chi connectivity index (χ1v) is 8.21. The van der Waals surface area contributed by atoms with Gasteiger partial charge < -0.3 is 15.0 Å². The number of carbonyl (C=O) groups is 2. The Morgan fingerprint density at radius 3 is 2.58 bits per heavy atom. The number of nitrogens with one attached hydrogen (secondary N) is 1. The van der Waals surface area contributed by atoms with Gasteiger partial charge in [0, 0.05) is 32.2 Å². The zero-order chi connectivity index (χ0) is 17.1. The number of carbonyl (C=O) groups excluding carboxylic acids is 2. The number of hydrogen-bond acceptors (Lipinski definition) is 4. The maximum absolute atomic E-state index is 13.4. The molecular formula is C17H22FN3O3. The highest BCUT2D eigenvalue weighted by Gasteiger charge is 2.27. The SMILES string of the molecule is COc1ccc(F)cc1C(=O)N1CCN(CC(=O)NC2CC2)CC1. The highest BCUT2D eigenvalue weighted by molar-refractivity contribution is 5.97. The van der Waals surface area contributed by atoms with E-state index in [1.165, 1.54) is 25.3 Å². The molecule has 0 radical (unpaired) electrons. The Balaban J connectivity index is 1.55. The molecule has 2 aliphatic rings. The first-order chi connectivity index (χ1) is 11.6. The predicted octanol–water partition coefficient (Wildman–Crippen LogP) is 0.871. The molecule has 1 heterocycles. The van der Waals surface area contributed by atoms with Crippen molar-refractivity contribution in [1.82, 2.24) is 15.1 Å². The summed E-state index contributed by atoms with van der Waals surface area (Å²) >= 11 is 0. The lowest BCUT2D eigenvalue weighted by Crippen LogP contribution is -2.51. The standard InChI is InChI=1S/C17H22FN3O3/c1-24-15-5-2-12(18)10-14(15)17(23)21-8-6-20(7-9-21)11-16(22)19-13-3-4-13/h2,5,10,13H,3-4,6-9,11H2,1H3,(H,19,22). The van der Waals surface area contributed by atoms with Crippen LogP contribution in [0.2, 0.25) is 0 Å². The summed E-state index contributed by atoms with van der Waals surface area (Å²) in [7, 11) is 1.46. The summed E-state index contributed by atoms with van der Waals surface area (Å²) in [5.41, 5.74) is 0.234. The monoisotopic (exact) mass is 335 g/mol. The van der Waals surface area contributed by atoms with Gasteiger partial charge in [-0.3, -0.25) is 14.5 Å². The van der Waals surface area contributed by atoms with Crippen molar-refractivity contribution in [3.63, 3.8) is 0 Å². The topological polar surface area (TPSA) is 61.9 Å². The van der Waals surface area contributed by atoms with Crippen molar-refractivity contribution in [1.29, 1.82) is 0 Å². The normalized spacial score (nSPS) is 18.3. The second-order valence-electron chi connectivity index (χ2n) is 6.25. The predicted molar refractivity (Wildman–Crippen MR) is 86.5 cm³/mol. The fraction of sp³-hybridized carbons (Fsp3) is 0.529. The Labute approximate surface area is 140 Å². The number of rotatable bonds is 5. The molecule has 2 fully saturated rings. The number of hydrogen-bond donors (Lipinski definition) is 1. The number of nitrogens with zero attached hydrogens (tertiary/aromatic N) is 2. The first-order valence-electron chi connectivity index (χ1n) is 8.21. The first kappa shape index (κ1) is 16.7. The van der Waals surface area contributed by atoms with Crippen molar-refractivity contribution >= 4 is 11.8 Å². The summed E-state index contributed by atoms with van der Waals surface area (Å²) in [5.74, 6) is -0.292. The van der Waals surface area contributed by atoms with Crippen molar-refractivity contribution in [3.8, 4) is 5.75 Å². The minimum absolute atomic E-state index is 0.0454. The van der Waals surface area contributed by atoms with Crippen LogP contribution in [0.4, 0.5) is 4.39 Å². The van der Waals surface area contributed by atoms with Crippen molar-refractivity contribution in [3.05, 3.63) is 29.6 Å². The van der Waals surface area contributed by atoms with E-state index in [0.717, 1.165) is 12.8 Å². The molecule has 0 aromatic heterocycles. The average molecular weight is 335 g/mol. The summed E-state index contributed by atoms with van der Waals surface area (Å²) in [4.78, 5) is 28.1. The number of ether oxygens (including phenoxy) is 1. The largest absolute Gasteiger partial charge is 0.496 e. The quantitative estimate of drug-likeness (QED) is 0.867. The molecule has 1 aromatic rings. The Morgan fingerprint density at radius 1 is 1.25 bits per heavy atom. The molecule has 3 rings (SSSR count). The van der Waals surface area contributed by atoms with Crippen LogP contribution >= 0.6 is 0 Å². The summed E-state index contributed by atoms with van der Waals surface area (Å²) in [6, 6.07) is 4.30. The Bertz CT molecular complexity index is 626. The molecule has 1 aliphatic carbocycles. The van der Waals surface area contributed by atoms with E-state index in [1.807, 2.05) is 4.90 Å². The molecule has 1 saturated heterocycles. The summed E-state index contributed by atoms with van der Waals surface area (Å²) in [5, 5.41) is 2.96. The second kappa shape index (κ2) is 7.17. The van der Waals surface area contributed by atoms with Crippen LogP contribution in [0.5, 0.6) is 5.75 Å². The fourth-order valence-electron chi connectivity index (χ4n) is 2.83. The van der Waals surface area contributed by atoms with Crippen molar-refractivity contribution < 1.29 is 18.7 Å². The van der Waals surface area contributed by atoms with E-state index >= 15 is 0 Å². The maximum Gasteiger partial charge on any atom is 0.257 e. The van der Waals surface area contributed by atoms with Gasteiger partial charge in [-0.15, -0.1) is 0 Å². The van der Waals surface area contributed by atoms with Crippen LogP contribution in [-0.4, -0.2) is 67.5 Å². The molecule has 7 heteroatoms. The highest BCUT2D eigenvalue weighted by Crippen LogP contribution is 2.22. The fourth-order valence-corrected chi connectivity index (χ4v) is 2.83. The van der Waals surface area contributed by atoms with Gasteiger partial charge in [0.15, 0.2) is 0 Å². The van der Waals surface area contributed by atoms with Crippen LogP contribution in [0.3, 0.4) is 0 Å². The lowest BCUT2D eigenvalue weighted by molar-refractivity contribution is -0.122. The molecule has 0 spiro atoms. The number of amides is 2. The van der Waals surface area contributed by atoms with Gasteiger partial charge in [0.25, 0.3) is 5.91 Å². The molecule has 1 saturated carbocycles. The van der Waals surface area contributed by atoms with Crippen LogP contribution in [0.15, 0.2) is 18.2 Å². The lowest BCUT2D eigenvalue weighted by Gasteiger charge is -2.34. The van der Waals surface area contributed by atoms with E-state index in [0.29, 0.717) is 44.5 Å². The molecule has 6 nitrogen and oxygen atoms in total. The molecule has 130 valence electrons. The van der Waals surface area contributed by atoms with Gasteiger partial charge in [-0.05, 0) is 31.0 Å². The van der Waals surface area contributed by atoms with Gasteiger partial charge >= 0.3 is 0 Å². The van der Waals surface area contributed by atoms with E-state index in [1.54, 1.807) is 4.90 Å². The van der Waals surface area contributed by atoms with Crippen LogP contribution < -0.4 is 10.1 Å². The van der Waals surface area contributed by atoms with Gasteiger partial charge in [0.05, 0.1) is 19.2 Å². The van der Waals surface area contributed by atoms with Gasteiger partial charge in [-0.1, -0.05) is 0 Å². The highest BCUT2D eigenvalue weighted by atomic mass is 19.1. The molecule has 0 bridgehead atoms. The molecule has 0 atom stereocenters. The minimum atomic E-state index is -0.463. The van der Waals surface area contributed by atoms with Crippen LogP contribution in [-0.2, 0) is 4.79 Å². The third-order valence-electron chi connectivity index (χ3n) is 4.36. The molecule has 2 amide bonds. The van der Waals surface area contributed by atoms with Gasteiger partial charge in [-0.2, -0.15) is 0 Å². The number of methoxy groups -OCH3 is 1. The maximum atomic E-state index is 13.4. The molecule has 1 aromatic carbocycles. The summed E-state index contributed by atoms with van der Waals surface area (Å²) in [6.07, 6.45) is 2.15. The number of piperazine rings is 1. The van der Waals surface area contributed by atoms with Crippen LogP contribution in [0, 0.1) is 5.82 Å². The second-order valence-corrected chi connectivity index (χ2v) is 6.25. The van der Waals surface area contributed by atoms with E-state index in [9.17, 15) is 14.0 Å². The van der Waals surface area contributed by atoms with Crippen molar-refractivity contribution in [2.24, 2.45) is 0 Å². The lowest BCUT2D eigenvalue weighted by atomic mass is 10.1. The number of benzene rings is 1. The van der Waals surface area contributed by atoms with Crippen molar-refractivity contribution in [2.75, 3.05) is 39.8 Å². The Hall–Kier alpha value is -2.15. The summed E-state index contributed by atoms with van der Waals surface area (Å²) < 4.78 is 18.6. The molecule has 1 aliphatic heterocycles. The minimum Gasteiger partial charge on any atom is -0.496 e. The zero-order valence-electron chi connectivity index (χ0n) is 13.8. The molecule has 24 heavy (non-hydrogen) atoms. The van der Waals surface area contributed by atoms with Gasteiger partial charge in [-0.25, -0.2) is 4.39 Å². The van der Waals surface area contributed by atoms with E-state index in [4.69, 9.17) is 4.74 Å². The molecule has 0 unspecified atom stereocenters. The van der Waals surface area contributed by atoms with Gasteiger partial charge in [0.1, 0.15) is 11.6 Å². The summed E-state index contributed by atoms with van der Waals surface area (Å²) in [6.45, 7) is 2.63. The smallest absolute Gasteiger partial charge is 0.257 e. The van der Waals surface area contributed by atoms with E-state index in [2.05, 4.69) is 5.32 Å². The van der Waals surface area contributed by atoms with E-state index in [-0.39, 0.29) is 17.4 Å². The Morgan fingerprint density at radius 2 is 1.96 bits per heavy atom. The number of halogens is 1. The van der Waals surface area contributed by atoms with E-state index < -0.39 is 5.82 Å². The van der Waals surface area contributed by atoms with Crippen LogP contribution in [0.25, 0.3) is 0 Å². The molecular weight excluding hydrogens is 313 g/mol. The van der Waals surface area contributed by atoms with Gasteiger partial charge in [0.2, 0.25) is 5.91 Å². The van der Waals surface area contributed by atoms with Crippen LogP contribution in [0.1, 0.15) is 23.2 Å². The Kier molecular flexibility index (Phi) is 4.99. The third-order valence-corrected chi connectivity index (χ3v) is 4.36.